The number of unbranched alkanes of at least 4 members (excludes halogenated alkanes) is 1. The molecule has 3 aromatic carbocycles. The first-order valence-corrected chi connectivity index (χ1v) is 17.2. The predicted molar refractivity (Wildman–Crippen MR) is 177 cm³/mol. The van der Waals surface area contributed by atoms with Gasteiger partial charge in [0.05, 0.1) is 22.7 Å². The summed E-state index contributed by atoms with van der Waals surface area (Å²) in [7, 11) is -4.46. The molecule has 4 rings (SSSR count). The van der Waals surface area contributed by atoms with Crippen molar-refractivity contribution in [3.05, 3.63) is 99.5 Å². The molecule has 11 nitrogen and oxygen atoms in total. The molecule has 0 radical (unpaired) electrons. The lowest BCUT2D eigenvalue weighted by Gasteiger charge is -2.20. The number of halogens is 4. The van der Waals surface area contributed by atoms with Gasteiger partial charge in [-0.3, -0.25) is 9.36 Å². The summed E-state index contributed by atoms with van der Waals surface area (Å²) in [5, 5.41) is 6.76. The van der Waals surface area contributed by atoms with Crippen LogP contribution in [0.5, 0.6) is 0 Å². The monoisotopic (exact) mass is 719 g/mol. The molecule has 0 aliphatic heterocycles. The van der Waals surface area contributed by atoms with Gasteiger partial charge in [-0.15, -0.1) is 5.10 Å². The number of benzene rings is 3. The SMILES string of the molecule is CCCCNC(=O)c1ccc(C(F)(F)F)c(-n2nc(CC)n(Cc3ccc(-c4ccccc4S(=O)(=O)NC(=O)OC(C)(C)C)cc3F)c2=O)c1. The maximum absolute atomic E-state index is 15.7. The van der Waals surface area contributed by atoms with Crippen LogP contribution in [0.15, 0.2) is 70.4 Å². The topological polar surface area (TPSA) is 141 Å². The Bertz CT molecular complexity index is 2070. The van der Waals surface area contributed by atoms with Crippen molar-refractivity contribution in [2.45, 2.75) is 77.1 Å². The van der Waals surface area contributed by atoms with Gasteiger partial charge in [-0.25, -0.2) is 27.1 Å². The first kappa shape index (κ1) is 37.8. The molecule has 1 aromatic heterocycles. The Morgan fingerprint density at radius 3 is 2.30 bits per heavy atom. The molecule has 1 heterocycles. The molecule has 0 aliphatic rings. The number of hydrogen-bond donors (Lipinski definition) is 2. The number of carbonyl (C=O) groups excluding carboxylic acids is 2. The molecule has 0 unspecified atom stereocenters. The number of aryl methyl sites for hydroxylation is 1. The number of nitrogens with zero attached hydrogens (tertiary/aromatic N) is 3. The number of ether oxygens (including phenoxy) is 1. The van der Waals surface area contributed by atoms with Crippen molar-refractivity contribution in [1.29, 1.82) is 0 Å². The second kappa shape index (κ2) is 14.9. The highest BCUT2D eigenvalue weighted by Gasteiger charge is 2.36. The highest BCUT2D eigenvalue weighted by molar-refractivity contribution is 7.90. The Balaban J connectivity index is 1.71. The number of alkyl halides is 3. The van der Waals surface area contributed by atoms with Gasteiger partial charge in [0.25, 0.3) is 15.9 Å². The Kier molecular flexibility index (Phi) is 11.2. The third-order valence-electron chi connectivity index (χ3n) is 7.35. The summed E-state index contributed by atoms with van der Waals surface area (Å²) in [5.41, 5.74) is -3.78. The number of carbonyl (C=O) groups is 2. The van der Waals surface area contributed by atoms with Gasteiger partial charge in [-0.05, 0) is 63.1 Å². The molecule has 268 valence electrons. The summed E-state index contributed by atoms with van der Waals surface area (Å²) >= 11 is 0. The van der Waals surface area contributed by atoms with Crippen molar-refractivity contribution in [2.24, 2.45) is 0 Å². The van der Waals surface area contributed by atoms with Crippen LogP contribution in [-0.2, 0) is 33.9 Å². The summed E-state index contributed by atoms with van der Waals surface area (Å²) in [6, 6.07) is 12.0. The van der Waals surface area contributed by atoms with E-state index in [0.717, 1.165) is 29.2 Å². The fraction of sp³-hybridized carbons (Fsp3) is 0.353. The maximum Gasteiger partial charge on any atom is 0.421 e. The molecular weight excluding hydrogens is 682 g/mol. The highest BCUT2D eigenvalue weighted by atomic mass is 32.2. The Morgan fingerprint density at radius 2 is 1.68 bits per heavy atom. The van der Waals surface area contributed by atoms with Crippen LogP contribution < -0.4 is 15.7 Å². The van der Waals surface area contributed by atoms with Gasteiger partial charge < -0.3 is 10.1 Å². The normalized spacial score (nSPS) is 12.1. The molecule has 0 bridgehead atoms. The van der Waals surface area contributed by atoms with Crippen LogP contribution in [0.1, 0.15) is 74.8 Å². The number of hydrogen-bond acceptors (Lipinski definition) is 7. The fourth-order valence-corrected chi connectivity index (χ4v) is 6.10. The number of sulfonamides is 1. The number of amides is 2. The molecule has 2 amide bonds. The molecule has 0 spiro atoms. The van der Waals surface area contributed by atoms with E-state index in [9.17, 15) is 36.0 Å². The van der Waals surface area contributed by atoms with Crippen LogP contribution in [0.25, 0.3) is 16.8 Å². The zero-order valence-electron chi connectivity index (χ0n) is 28.0. The van der Waals surface area contributed by atoms with Crippen molar-refractivity contribution >= 4 is 22.0 Å². The number of aromatic nitrogens is 3. The van der Waals surface area contributed by atoms with Gasteiger partial charge in [0, 0.05) is 29.7 Å². The molecule has 0 atom stereocenters. The molecule has 50 heavy (non-hydrogen) atoms. The fourth-order valence-electron chi connectivity index (χ4n) is 5.00. The average Bonchev–Trinajstić information content (AvgIpc) is 3.34. The average molecular weight is 720 g/mol. The lowest BCUT2D eigenvalue weighted by atomic mass is 10.0. The van der Waals surface area contributed by atoms with Gasteiger partial charge >= 0.3 is 18.0 Å². The van der Waals surface area contributed by atoms with E-state index >= 15 is 4.39 Å². The maximum atomic E-state index is 15.7. The molecule has 2 N–H and O–H groups in total. The molecule has 0 saturated heterocycles. The van der Waals surface area contributed by atoms with Crippen LogP contribution in [-0.4, -0.2) is 46.9 Å². The number of rotatable bonds is 11. The van der Waals surface area contributed by atoms with E-state index < -0.39 is 63.1 Å². The van der Waals surface area contributed by atoms with E-state index in [1.165, 1.54) is 36.4 Å². The van der Waals surface area contributed by atoms with Crippen LogP contribution in [0.3, 0.4) is 0 Å². The van der Waals surface area contributed by atoms with E-state index in [4.69, 9.17) is 4.74 Å². The summed E-state index contributed by atoms with van der Waals surface area (Å²) in [6.45, 7) is 8.11. The van der Waals surface area contributed by atoms with Crippen LogP contribution in [0.4, 0.5) is 22.4 Å². The van der Waals surface area contributed by atoms with E-state index in [1.54, 1.807) is 27.7 Å². The Labute approximate surface area is 286 Å². The van der Waals surface area contributed by atoms with Gasteiger partial charge in [0.1, 0.15) is 17.2 Å². The van der Waals surface area contributed by atoms with Crippen LogP contribution in [0.2, 0.25) is 0 Å². The van der Waals surface area contributed by atoms with Crippen LogP contribution in [0, 0.1) is 5.82 Å². The van der Waals surface area contributed by atoms with Gasteiger partial charge in [-0.2, -0.15) is 17.9 Å². The molecule has 0 saturated carbocycles. The third kappa shape index (κ3) is 8.77. The summed E-state index contributed by atoms with van der Waals surface area (Å²) in [4.78, 5) is 38.2. The van der Waals surface area contributed by atoms with Crippen LogP contribution >= 0.6 is 0 Å². The first-order valence-electron chi connectivity index (χ1n) is 15.7. The molecule has 4 aromatic rings. The largest absolute Gasteiger partial charge is 0.443 e. The van der Waals surface area contributed by atoms with Crippen molar-refractivity contribution in [3.8, 4) is 16.8 Å². The molecular formula is C34H37F4N5O6S. The predicted octanol–water partition coefficient (Wildman–Crippen LogP) is 6.21. The minimum atomic E-state index is -4.89. The summed E-state index contributed by atoms with van der Waals surface area (Å²) in [5.74, 6) is -1.42. The zero-order valence-corrected chi connectivity index (χ0v) is 28.8. The van der Waals surface area contributed by atoms with Crippen molar-refractivity contribution in [2.75, 3.05) is 6.54 Å². The third-order valence-corrected chi connectivity index (χ3v) is 8.72. The summed E-state index contributed by atoms with van der Waals surface area (Å²) < 4.78 is 92.6. The number of nitrogens with one attached hydrogen (secondary N) is 2. The quantitative estimate of drug-likeness (QED) is 0.139. The summed E-state index contributed by atoms with van der Waals surface area (Å²) in [6.07, 6.45) is -4.54. The van der Waals surface area contributed by atoms with Gasteiger partial charge in [-0.1, -0.05) is 50.6 Å². The zero-order chi connectivity index (χ0) is 37.0. The minimum Gasteiger partial charge on any atom is -0.443 e. The van der Waals surface area contributed by atoms with Crippen molar-refractivity contribution < 1.29 is 40.3 Å². The second-order valence-corrected chi connectivity index (χ2v) is 14.0. The van der Waals surface area contributed by atoms with E-state index in [-0.39, 0.29) is 39.4 Å². The van der Waals surface area contributed by atoms with Crippen molar-refractivity contribution in [3.63, 3.8) is 0 Å². The molecule has 0 aliphatic carbocycles. The Hall–Kier alpha value is -4.99. The minimum absolute atomic E-state index is 0.0441. The molecule has 0 fully saturated rings. The van der Waals surface area contributed by atoms with Gasteiger partial charge in [0.2, 0.25) is 0 Å². The standard InChI is InChI=1S/C34H37F4N5O6S/c1-6-8-17-39-30(44)22-15-16-25(34(36,37)38)27(19-22)43-32(46)42(29(7-2)40-43)20-23-14-13-21(18-26(23)35)24-11-9-10-12-28(24)50(47,48)41-31(45)49-33(3,4)5/h9-16,18-19H,6-8,17,20H2,1-5H3,(H,39,44)(H,41,45). The second-order valence-electron chi connectivity index (χ2n) is 12.3. The van der Waals surface area contributed by atoms with Gasteiger partial charge in [0.15, 0.2) is 0 Å². The van der Waals surface area contributed by atoms with E-state index in [0.29, 0.717) is 23.7 Å². The van der Waals surface area contributed by atoms with E-state index in [1.807, 2.05) is 11.6 Å². The van der Waals surface area contributed by atoms with E-state index in [2.05, 4.69) is 10.4 Å². The Morgan fingerprint density at radius 1 is 0.980 bits per heavy atom. The lowest BCUT2D eigenvalue weighted by molar-refractivity contribution is -0.137. The lowest BCUT2D eigenvalue weighted by Crippen LogP contribution is -2.36. The first-order chi connectivity index (χ1) is 23.4. The van der Waals surface area contributed by atoms with Crippen molar-refractivity contribution in [1.82, 2.24) is 24.4 Å². The smallest absolute Gasteiger partial charge is 0.421 e. The highest BCUT2D eigenvalue weighted by Crippen LogP contribution is 2.34. The molecule has 16 heteroatoms.